The van der Waals surface area contributed by atoms with Gasteiger partial charge in [-0.15, -0.1) is 5.10 Å². The fraction of sp³-hybridized carbons (Fsp3) is 0.692. The number of aromatic nitrogens is 3. The molecule has 0 bridgehead atoms. The second kappa shape index (κ2) is 7.16. The quantitative estimate of drug-likeness (QED) is 0.741. The van der Waals surface area contributed by atoms with E-state index in [1.54, 1.807) is 15.8 Å². The maximum atomic E-state index is 12.3. The lowest BCUT2D eigenvalue weighted by Gasteiger charge is -2.31. The molecule has 3 N–H and O–H groups in total. The summed E-state index contributed by atoms with van der Waals surface area (Å²) in [7, 11) is 0. The highest BCUT2D eigenvalue weighted by Crippen LogP contribution is 2.17. The highest BCUT2D eigenvalue weighted by atomic mass is 16.2. The predicted octanol–water partition coefficient (Wildman–Crippen LogP) is -0.775. The Morgan fingerprint density at radius 1 is 1.43 bits per heavy atom. The van der Waals surface area contributed by atoms with Crippen molar-refractivity contribution in [1.29, 1.82) is 0 Å². The van der Waals surface area contributed by atoms with Gasteiger partial charge in [0, 0.05) is 33.1 Å². The summed E-state index contributed by atoms with van der Waals surface area (Å²) in [6, 6.07) is 0. The van der Waals surface area contributed by atoms with Crippen molar-refractivity contribution in [2.24, 2.45) is 11.7 Å². The third-order valence-electron chi connectivity index (χ3n) is 3.66. The molecule has 2 amide bonds. The Kier molecular flexibility index (Phi) is 5.26. The molecule has 8 heteroatoms. The van der Waals surface area contributed by atoms with Gasteiger partial charge >= 0.3 is 0 Å². The SMILES string of the molecule is CC(=O)NCC1CCN(C(=O)c2cn(CCN)nn2)CC1. The van der Waals surface area contributed by atoms with Crippen LogP contribution in [0.25, 0.3) is 0 Å². The van der Waals surface area contributed by atoms with Crippen molar-refractivity contribution >= 4 is 11.8 Å². The highest BCUT2D eigenvalue weighted by Gasteiger charge is 2.25. The number of amides is 2. The molecule has 0 radical (unpaired) electrons. The number of carbonyl (C=O) groups is 2. The van der Waals surface area contributed by atoms with Crippen molar-refractivity contribution < 1.29 is 9.59 Å². The van der Waals surface area contributed by atoms with Crippen LogP contribution in [0.2, 0.25) is 0 Å². The molecule has 0 atom stereocenters. The van der Waals surface area contributed by atoms with Crippen LogP contribution in [-0.2, 0) is 11.3 Å². The van der Waals surface area contributed by atoms with Crippen molar-refractivity contribution in [3.63, 3.8) is 0 Å². The first-order valence-electron chi connectivity index (χ1n) is 7.24. The topological polar surface area (TPSA) is 106 Å². The maximum Gasteiger partial charge on any atom is 0.276 e. The first-order valence-corrected chi connectivity index (χ1v) is 7.24. The fourth-order valence-electron chi connectivity index (χ4n) is 2.43. The number of hydrogen-bond donors (Lipinski definition) is 2. The van der Waals surface area contributed by atoms with Crippen LogP contribution in [0.4, 0.5) is 0 Å². The van der Waals surface area contributed by atoms with Gasteiger partial charge in [-0.1, -0.05) is 5.21 Å². The zero-order chi connectivity index (χ0) is 15.2. The van der Waals surface area contributed by atoms with E-state index in [0.29, 0.717) is 44.3 Å². The number of nitrogens with two attached hydrogens (primary N) is 1. The number of rotatable bonds is 5. The monoisotopic (exact) mass is 294 g/mol. The zero-order valence-corrected chi connectivity index (χ0v) is 12.3. The fourth-order valence-corrected chi connectivity index (χ4v) is 2.43. The number of nitrogens with zero attached hydrogens (tertiary/aromatic N) is 4. The van der Waals surface area contributed by atoms with Gasteiger partial charge in [-0.05, 0) is 18.8 Å². The minimum absolute atomic E-state index is 0.00924. The maximum absolute atomic E-state index is 12.3. The van der Waals surface area contributed by atoms with Crippen LogP contribution in [0.15, 0.2) is 6.20 Å². The molecule has 1 aliphatic heterocycles. The van der Waals surface area contributed by atoms with E-state index in [2.05, 4.69) is 15.6 Å². The van der Waals surface area contributed by atoms with E-state index >= 15 is 0 Å². The van der Waals surface area contributed by atoms with Gasteiger partial charge in [-0.2, -0.15) is 0 Å². The Hall–Kier alpha value is -1.96. The minimum atomic E-state index is -0.0868. The third-order valence-corrected chi connectivity index (χ3v) is 3.66. The minimum Gasteiger partial charge on any atom is -0.356 e. The average Bonchev–Trinajstić information content (AvgIpc) is 2.94. The largest absolute Gasteiger partial charge is 0.356 e. The summed E-state index contributed by atoms with van der Waals surface area (Å²) in [6.07, 6.45) is 3.42. The van der Waals surface area contributed by atoms with E-state index in [1.807, 2.05) is 0 Å². The molecule has 0 aromatic carbocycles. The van der Waals surface area contributed by atoms with Crippen LogP contribution < -0.4 is 11.1 Å². The molecule has 0 unspecified atom stereocenters. The molecule has 1 fully saturated rings. The van der Waals surface area contributed by atoms with E-state index in [4.69, 9.17) is 5.73 Å². The van der Waals surface area contributed by atoms with Gasteiger partial charge in [0.2, 0.25) is 5.91 Å². The van der Waals surface area contributed by atoms with Crippen LogP contribution in [0.3, 0.4) is 0 Å². The van der Waals surface area contributed by atoms with Gasteiger partial charge in [0.15, 0.2) is 5.69 Å². The van der Waals surface area contributed by atoms with Gasteiger partial charge in [-0.25, -0.2) is 0 Å². The van der Waals surface area contributed by atoms with Crippen molar-refractivity contribution in [3.8, 4) is 0 Å². The highest BCUT2D eigenvalue weighted by molar-refractivity contribution is 5.92. The van der Waals surface area contributed by atoms with Crippen molar-refractivity contribution in [1.82, 2.24) is 25.2 Å². The van der Waals surface area contributed by atoms with E-state index < -0.39 is 0 Å². The summed E-state index contributed by atoms with van der Waals surface area (Å²) >= 11 is 0. The lowest BCUT2D eigenvalue weighted by molar-refractivity contribution is -0.119. The molecule has 1 aromatic rings. The van der Waals surface area contributed by atoms with Crippen LogP contribution in [0.1, 0.15) is 30.3 Å². The summed E-state index contributed by atoms with van der Waals surface area (Å²) in [6.45, 7) is 4.59. The van der Waals surface area contributed by atoms with Crippen molar-refractivity contribution in [2.75, 3.05) is 26.2 Å². The molecule has 1 saturated heterocycles. The van der Waals surface area contributed by atoms with E-state index in [0.717, 1.165) is 12.8 Å². The van der Waals surface area contributed by atoms with Crippen molar-refractivity contribution in [2.45, 2.75) is 26.3 Å². The Labute approximate surface area is 123 Å². The van der Waals surface area contributed by atoms with E-state index in [9.17, 15) is 9.59 Å². The molecule has 2 heterocycles. The third kappa shape index (κ3) is 4.25. The second-order valence-corrected chi connectivity index (χ2v) is 5.33. The standard InChI is InChI=1S/C13H22N6O2/c1-10(20)15-8-11-2-5-18(6-3-11)13(21)12-9-19(7-4-14)17-16-12/h9,11H,2-8,14H2,1H3,(H,15,20). The zero-order valence-electron chi connectivity index (χ0n) is 12.3. The molecule has 0 spiro atoms. The molecular weight excluding hydrogens is 272 g/mol. The second-order valence-electron chi connectivity index (χ2n) is 5.33. The molecule has 1 aliphatic rings. The number of piperidine rings is 1. The number of carbonyl (C=O) groups excluding carboxylic acids is 2. The predicted molar refractivity (Wildman–Crippen MR) is 76.4 cm³/mol. The molecule has 116 valence electrons. The summed E-state index contributed by atoms with van der Waals surface area (Å²) < 4.78 is 1.58. The van der Waals surface area contributed by atoms with E-state index in [-0.39, 0.29) is 11.8 Å². The summed E-state index contributed by atoms with van der Waals surface area (Å²) in [5, 5.41) is 10.6. The van der Waals surface area contributed by atoms with Crippen LogP contribution in [0, 0.1) is 5.92 Å². The molecule has 21 heavy (non-hydrogen) atoms. The lowest BCUT2D eigenvalue weighted by Crippen LogP contribution is -2.41. The smallest absolute Gasteiger partial charge is 0.276 e. The number of hydrogen-bond acceptors (Lipinski definition) is 5. The van der Waals surface area contributed by atoms with Crippen LogP contribution >= 0.6 is 0 Å². The van der Waals surface area contributed by atoms with E-state index in [1.165, 1.54) is 6.92 Å². The summed E-state index contributed by atoms with van der Waals surface area (Å²) in [4.78, 5) is 25.0. The Bertz CT molecular complexity index is 493. The molecule has 0 aliphatic carbocycles. The van der Waals surface area contributed by atoms with Crippen LogP contribution in [0.5, 0.6) is 0 Å². The number of nitrogens with one attached hydrogen (secondary N) is 1. The first-order chi connectivity index (χ1) is 10.1. The van der Waals surface area contributed by atoms with Crippen molar-refractivity contribution in [3.05, 3.63) is 11.9 Å². The molecule has 8 nitrogen and oxygen atoms in total. The van der Waals surface area contributed by atoms with Crippen LogP contribution in [-0.4, -0.2) is 57.9 Å². The molecule has 2 rings (SSSR count). The average molecular weight is 294 g/mol. The molecule has 1 aromatic heterocycles. The normalized spacial score (nSPS) is 16.0. The van der Waals surface area contributed by atoms with Gasteiger partial charge in [0.05, 0.1) is 12.7 Å². The summed E-state index contributed by atoms with van der Waals surface area (Å²) in [5.41, 5.74) is 5.80. The molecule has 0 saturated carbocycles. The van der Waals surface area contributed by atoms with Gasteiger partial charge in [-0.3, -0.25) is 14.3 Å². The first kappa shape index (κ1) is 15.4. The number of likely N-dealkylation sites (tertiary alicyclic amines) is 1. The molecular formula is C13H22N6O2. The van der Waals surface area contributed by atoms with Gasteiger partial charge in [0.25, 0.3) is 5.91 Å². The lowest BCUT2D eigenvalue weighted by atomic mass is 9.96. The Balaban J connectivity index is 1.83. The summed E-state index contributed by atoms with van der Waals surface area (Å²) in [5.74, 6) is 0.340. The Morgan fingerprint density at radius 2 is 2.14 bits per heavy atom. The van der Waals surface area contributed by atoms with Gasteiger partial charge in [0.1, 0.15) is 0 Å². The van der Waals surface area contributed by atoms with Gasteiger partial charge < -0.3 is 16.0 Å². The Morgan fingerprint density at radius 3 is 2.76 bits per heavy atom.